The Hall–Kier alpha value is -0.820. The molecule has 1 aromatic carbocycles. The van der Waals surface area contributed by atoms with E-state index in [1.54, 1.807) is 11.1 Å². The molecular formula is C26H47N. The van der Waals surface area contributed by atoms with Gasteiger partial charge in [0.2, 0.25) is 0 Å². The zero-order chi connectivity index (χ0) is 19.2. The molecule has 27 heavy (non-hydrogen) atoms. The van der Waals surface area contributed by atoms with Crippen molar-refractivity contribution < 1.29 is 0 Å². The van der Waals surface area contributed by atoms with Crippen LogP contribution in [0.4, 0.5) is 0 Å². The van der Waals surface area contributed by atoms with Gasteiger partial charge in [0, 0.05) is 0 Å². The van der Waals surface area contributed by atoms with Crippen molar-refractivity contribution in [2.24, 2.45) is 5.41 Å². The highest BCUT2D eigenvalue weighted by atomic mass is 15.1. The van der Waals surface area contributed by atoms with E-state index in [-0.39, 0.29) is 7.43 Å². The highest BCUT2D eigenvalue weighted by Crippen LogP contribution is 2.53. The minimum absolute atomic E-state index is 0. The van der Waals surface area contributed by atoms with Crippen molar-refractivity contribution in [2.75, 3.05) is 19.6 Å². The molecule has 1 aromatic rings. The Kier molecular flexibility index (Phi) is 9.55. The van der Waals surface area contributed by atoms with Gasteiger partial charge in [0.25, 0.3) is 0 Å². The number of likely N-dealkylation sites (tertiary alicyclic amines) is 1. The molecule has 1 atom stereocenters. The lowest BCUT2D eigenvalue weighted by Crippen LogP contribution is -2.42. The highest BCUT2D eigenvalue weighted by molar-refractivity contribution is 5.43. The largest absolute Gasteiger partial charge is 0.303 e. The number of benzene rings is 1. The summed E-state index contributed by atoms with van der Waals surface area (Å²) >= 11 is 0. The molecule has 0 saturated carbocycles. The van der Waals surface area contributed by atoms with Crippen LogP contribution in [-0.2, 0) is 5.41 Å². The van der Waals surface area contributed by atoms with Crippen molar-refractivity contribution in [3.05, 3.63) is 35.4 Å². The Morgan fingerprint density at radius 1 is 1.07 bits per heavy atom. The van der Waals surface area contributed by atoms with Crippen LogP contribution in [0, 0.1) is 5.41 Å². The maximum absolute atomic E-state index is 2.72. The summed E-state index contributed by atoms with van der Waals surface area (Å²) in [6.07, 6.45) is 9.57. The minimum Gasteiger partial charge on any atom is -0.303 e. The van der Waals surface area contributed by atoms with Gasteiger partial charge in [-0.2, -0.15) is 0 Å². The molecule has 0 bridgehead atoms. The van der Waals surface area contributed by atoms with E-state index in [1.165, 1.54) is 64.6 Å². The lowest BCUT2D eigenvalue weighted by atomic mass is 9.73. The van der Waals surface area contributed by atoms with Crippen LogP contribution in [0.5, 0.6) is 0 Å². The topological polar surface area (TPSA) is 3.24 Å². The molecule has 1 spiro atoms. The molecule has 1 aliphatic carbocycles. The third-order valence-corrected chi connectivity index (χ3v) is 6.51. The van der Waals surface area contributed by atoms with Gasteiger partial charge in [-0.05, 0) is 79.6 Å². The third kappa shape index (κ3) is 6.08. The Balaban J connectivity index is 0.00000118. The van der Waals surface area contributed by atoms with Crippen LogP contribution in [0.3, 0.4) is 0 Å². The first-order chi connectivity index (χ1) is 12.4. The fraction of sp³-hybridized carbons (Fsp3) is 0.769. The summed E-state index contributed by atoms with van der Waals surface area (Å²) < 4.78 is 0. The Labute approximate surface area is 170 Å². The van der Waals surface area contributed by atoms with Crippen LogP contribution in [0.2, 0.25) is 0 Å². The van der Waals surface area contributed by atoms with Gasteiger partial charge >= 0.3 is 0 Å². The fourth-order valence-electron chi connectivity index (χ4n) is 4.91. The molecule has 1 fully saturated rings. The van der Waals surface area contributed by atoms with Crippen molar-refractivity contribution in [3.63, 3.8) is 0 Å². The molecule has 156 valence electrons. The number of hydrogen-bond acceptors (Lipinski definition) is 1. The Morgan fingerprint density at radius 3 is 2.30 bits per heavy atom. The van der Waals surface area contributed by atoms with Gasteiger partial charge in [0.15, 0.2) is 0 Å². The van der Waals surface area contributed by atoms with Crippen molar-refractivity contribution >= 4 is 0 Å². The van der Waals surface area contributed by atoms with Gasteiger partial charge in [-0.25, -0.2) is 0 Å². The lowest BCUT2D eigenvalue weighted by Gasteiger charge is -2.41. The average molecular weight is 374 g/mol. The molecule has 0 radical (unpaired) electrons. The maximum atomic E-state index is 2.72. The van der Waals surface area contributed by atoms with Crippen molar-refractivity contribution in [1.29, 1.82) is 0 Å². The third-order valence-electron chi connectivity index (χ3n) is 6.51. The number of unbranched alkanes of at least 4 members (excludes halogenated alkanes) is 1. The molecule has 1 unspecified atom stereocenters. The summed E-state index contributed by atoms with van der Waals surface area (Å²) in [5.74, 6) is 0.822. The second-order valence-electron chi connectivity index (χ2n) is 9.56. The van der Waals surface area contributed by atoms with E-state index < -0.39 is 0 Å². The molecule has 1 heteroatoms. The number of fused-ring (bicyclic) bond motifs is 2. The van der Waals surface area contributed by atoms with Gasteiger partial charge in [0.1, 0.15) is 0 Å². The molecule has 1 nitrogen and oxygen atoms in total. The quantitative estimate of drug-likeness (QED) is 0.509. The minimum atomic E-state index is 0. The summed E-state index contributed by atoms with van der Waals surface area (Å²) in [5, 5.41) is 0. The number of rotatable bonds is 5. The first-order valence-electron chi connectivity index (χ1n) is 11.3. The normalized spacial score (nSPS) is 21.2. The van der Waals surface area contributed by atoms with Gasteiger partial charge < -0.3 is 4.90 Å². The van der Waals surface area contributed by atoms with E-state index in [0.717, 1.165) is 5.92 Å². The van der Waals surface area contributed by atoms with Crippen LogP contribution < -0.4 is 0 Å². The van der Waals surface area contributed by atoms with Crippen molar-refractivity contribution in [1.82, 2.24) is 4.90 Å². The first-order valence-corrected chi connectivity index (χ1v) is 11.3. The van der Waals surface area contributed by atoms with E-state index in [2.05, 4.69) is 56.9 Å². The van der Waals surface area contributed by atoms with Crippen molar-refractivity contribution in [2.45, 2.75) is 105 Å². The summed E-state index contributed by atoms with van der Waals surface area (Å²) in [6, 6.07) is 9.41. The van der Waals surface area contributed by atoms with E-state index in [4.69, 9.17) is 0 Å². The molecule has 2 aliphatic rings. The second kappa shape index (κ2) is 10.6. The fourth-order valence-corrected chi connectivity index (χ4v) is 4.91. The summed E-state index contributed by atoms with van der Waals surface area (Å²) in [5.41, 5.74) is 4.35. The zero-order valence-corrected chi connectivity index (χ0v) is 18.4. The standard InChI is InChI=1S/C23H37N.C2H6.CH4/c1-5-6-9-19-18-23(21-11-8-7-10-20(19)21)13-16-24(17-14-23)15-12-22(2,3)4;1-2;/h7-8,10-11,19H,5-6,9,12-18H2,1-4H3;1-2H3;1H4. The molecule has 0 amide bonds. The summed E-state index contributed by atoms with van der Waals surface area (Å²) in [6.45, 7) is 17.3. The number of piperidine rings is 1. The molecule has 1 saturated heterocycles. The summed E-state index contributed by atoms with van der Waals surface area (Å²) in [4.78, 5) is 2.72. The maximum Gasteiger partial charge on any atom is -0.00102 e. The Bertz CT molecular complexity index is 531. The van der Waals surface area contributed by atoms with Crippen LogP contribution in [0.15, 0.2) is 24.3 Å². The molecular weight excluding hydrogens is 326 g/mol. The molecule has 0 N–H and O–H groups in total. The van der Waals surface area contributed by atoms with E-state index in [9.17, 15) is 0 Å². The number of hydrogen-bond donors (Lipinski definition) is 0. The van der Waals surface area contributed by atoms with E-state index in [1.807, 2.05) is 13.8 Å². The molecule has 0 aromatic heterocycles. The Morgan fingerprint density at radius 2 is 1.70 bits per heavy atom. The average Bonchev–Trinajstić information content (AvgIpc) is 2.94. The first kappa shape index (κ1) is 24.2. The molecule has 1 aliphatic heterocycles. The van der Waals surface area contributed by atoms with Gasteiger partial charge in [-0.3, -0.25) is 0 Å². The molecule has 3 rings (SSSR count). The van der Waals surface area contributed by atoms with E-state index >= 15 is 0 Å². The van der Waals surface area contributed by atoms with E-state index in [0.29, 0.717) is 10.8 Å². The van der Waals surface area contributed by atoms with Gasteiger partial charge in [-0.1, -0.05) is 86.1 Å². The van der Waals surface area contributed by atoms with Crippen molar-refractivity contribution in [3.8, 4) is 0 Å². The van der Waals surface area contributed by atoms with Crippen LogP contribution >= 0.6 is 0 Å². The lowest BCUT2D eigenvalue weighted by molar-refractivity contribution is 0.139. The SMILES string of the molecule is C.CC.CCCCC1CC2(CCN(CCC(C)(C)C)CC2)c2ccccc21. The predicted octanol–water partition coefficient (Wildman–Crippen LogP) is 7.80. The van der Waals surface area contributed by atoms with Gasteiger partial charge in [-0.15, -0.1) is 0 Å². The number of nitrogens with zero attached hydrogens (tertiary/aromatic N) is 1. The van der Waals surface area contributed by atoms with Crippen LogP contribution in [0.25, 0.3) is 0 Å². The predicted molar refractivity (Wildman–Crippen MR) is 123 cm³/mol. The van der Waals surface area contributed by atoms with Gasteiger partial charge in [0.05, 0.1) is 0 Å². The van der Waals surface area contributed by atoms with Crippen LogP contribution in [0.1, 0.15) is 111 Å². The second-order valence-corrected chi connectivity index (χ2v) is 9.56. The van der Waals surface area contributed by atoms with Crippen LogP contribution in [-0.4, -0.2) is 24.5 Å². The highest BCUT2D eigenvalue weighted by Gasteiger charge is 2.44. The molecule has 1 heterocycles. The summed E-state index contributed by atoms with van der Waals surface area (Å²) in [7, 11) is 0. The zero-order valence-electron chi connectivity index (χ0n) is 18.4. The smallest absolute Gasteiger partial charge is 0.00102 e. The monoisotopic (exact) mass is 373 g/mol.